The van der Waals surface area contributed by atoms with E-state index in [0.717, 1.165) is 0 Å². The number of hydrogen-bond donors (Lipinski definition) is 2. The molecule has 0 radical (unpaired) electrons. The molecule has 1 aromatic heterocycles. The van der Waals surface area contributed by atoms with E-state index in [2.05, 4.69) is 20.8 Å². The Hall–Kier alpha value is -3.40. The van der Waals surface area contributed by atoms with Gasteiger partial charge in [-0.3, -0.25) is 9.59 Å². The number of methoxy groups -OCH3 is 1. The molecule has 2 N–H and O–H groups in total. The summed E-state index contributed by atoms with van der Waals surface area (Å²) >= 11 is 1.57. The third-order valence-corrected chi connectivity index (χ3v) is 5.50. The molecule has 0 aliphatic carbocycles. The Morgan fingerprint density at radius 2 is 1.88 bits per heavy atom. The molecule has 0 bridgehead atoms. The van der Waals surface area contributed by atoms with Crippen LogP contribution in [0.3, 0.4) is 0 Å². The zero-order valence-corrected chi connectivity index (χ0v) is 19.3. The molecule has 2 atom stereocenters. The number of thioether (sulfide) groups is 1. The van der Waals surface area contributed by atoms with E-state index < -0.39 is 18.0 Å². The van der Waals surface area contributed by atoms with Gasteiger partial charge in [-0.15, -0.1) is 0 Å². The minimum atomic E-state index is -0.767. The first-order valence-corrected chi connectivity index (χ1v) is 11.6. The van der Waals surface area contributed by atoms with Gasteiger partial charge in [-0.25, -0.2) is 4.39 Å². The molecule has 0 aliphatic rings. The van der Waals surface area contributed by atoms with Crippen LogP contribution in [0.2, 0.25) is 0 Å². The van der Waals surface area contributed by atoms with E-state index in [1.807, 2.05) is 6.26 Å². The highest BCUT2D eigenvalue weighted by molar-refractivity contribution is 7.98. The van der Waals surface area contributed by atoms with Crippen molar-refractivity contribution in [1.29, 1.82) is 0 Å². The molecule has 174 valence electrons. The Morgan fingerprint density at radius 3 is 2.58 bits per heavy atom. The SMILES string of the molecule is COc1ccccc1C(=O)NC(CCSC)C(=O)NC(C)c1nc(-c2ccc(F)cc2)no1. The molecule has 2 aromatic carbocycles. The standard InChI is InChI=1S/C23H25FN4O4S/c1-14(23-27-20(28-32-23)15-8-10-16(24)11-9-15)25-22(30)18(12-13-33-3)26-21(29)17-6-4-5-7-19(17)31-2/h4-11,14,18H,12-13H2,1-3H3,(H,25,30)(H,26,29). The molecule has 3 aromatic rings. The van der Waals surface area contributed by atoms with Gasteiger partial charge in [0.2, 0.25) is 17.6 Å². The molecule has 33 heavy (non-hydrogen) atoms. The van der Waals surface area contributed by atoms with Crippen molar-refractivity contribution in [2.75, 3.05) is 19.1 Å². The Bertz CT molecular complexity index is 1090. The van der Waals surface area contributed by atoms with E-state index in [-0.39, 0.29) is 23.4 Å². The number of carbonyl (C=O) groups excluding carboxylic acids is 2. The fraction of sp³-hybridized carbons (Fsp3) is 0.304. The van der Waals surface area contributed by atoms with Gasteiger partial charge in [0.1, 0.15) is 23.7 Å². The number of nitrogens with zero attached hydrogens (tertiary/aromatic N) is 2. The number of para-hydroxylation sites is 1. The topological polar surface area (TPSA) is 106 Å². The molecule has 3 rings (SSSR count). The third-order valence-electron chi connectivity index (χ3n) is 4.86. The van der Waals surface area contributed by atoms with Crippen LogP contribution >= 0.6 is 11.8 Å². The summed E-state index contributed by atoms with van der Waals surface area (Å²) in [6, 6.07) is 11.1. The number of amides is 2. The van der Waals surface area contributed by atoms with Gasteiger partial charge in [-0.05, 0) is 61.8 Å². The van der Waals surface area contributed by atoms with Crippen LogP contribution in [-0.4, -0.2) is 47.1 Å². The van der Waals surface area contributed by atoms with Crippen LogP contribution < -0.4 is 15.4 Å². The summed E-state index contributed by atoms with van der Waals surface area (Å²) in [5.41, 5.74) is 0.933. The van der Waals surface area contributed by atoms with Crippen LogP contribution in [0.25, 0.3) is 11.4 Å². The van der Waals surface area contributed by atoms with Crippen LogP contribution in [0, 0.1) is 5.82 Å². The summed E-state index contributed by atoms with van der Waals surface area (Å²) in [5, 5.41) is 9.50. The van der Waals surface area contributed by atoms with Crippen molar-refractivity contribution in [2.24, 2.45) is 0 Å². The Morgan fingerprint density at radius 1 is 1.15 bits per heavy atom. The maximum atomic E-state index is 13.1. The lowest BCUT2D eigenvalue weighted by Crippen LogP contribution is -2.47. The fourth-order valence-corrected chi connectivity index (χ4v) is 3.55. The maximum absolute atomic E-state index is 13.1. The van der Waals surface area contributed by atoms with Crippen LogP contribution in [0.5, 0.6) is 5.75 Å². The lowest BCUT2D eigenvalue weighted by atomic mass is 10.1. The highest BCUT2D eigenvalue weighted by Gasteiger charge is 2.26. The second-order valence-electron chi connectivity index (χ2n) is 7.20. The third kappa shape index (κ3) is 6.32. The van der Waals surface area contributed by atoms with Crippen LogP contribution in [0.4, 0.5) is 4.39 Å². The number of halogens is 1. The van der Waals surface area contributed by atoms with E-state index in [1.54, 1.807) is 55.1 Å². The average molecular weight is 473 g/mol. The van der Waals surface area contributed by atoms with Gasteiger partial charge in [0.25, 0.3) is 5.91 Å². The molecule has 0 saturated carbocycles. The first-order chi connectivity index (χ1) is 15.9. The highest BCUT2D eigenvalue weighted by atomic mass is 32.2. The average Bonchev–Trinajstić information content (AvgIpc) is 3.32. The minimum absolute atomic E-state index is 0.197. The zero-order chi connectivity index (χ0) is 23.8. The molecule has 2 amide bonds. The number of hydrogen-bond acceptors (Lipinski definition) is 7. The lowest BCUT2D eigenvalue weighted by molar-refractivity contribution is -0.123. The molecule has 0 aliphatic heterocycles. The quantitative estimate of drug-likeness (QED) is 0.464. The van der Waals surface area contributed by atoms with Gasteiger partial charge in [0.05, 0.1) is 12.7 Å². The molecule has 1 heterocycles. The van der Waals surface area contributed by atoms with Crippen LogP contribution in [0.15, 0.2) is 53.1 Å². The minimum Gasteiger partial charge on any atom is -0.496 e. The summed E-state index contributed by atoms with van der Waals surface area (Å²) < 4.78 is 23.7. The van der Waals surface area contributed by atoms with Crippen LogP contribution in [0.1, 0.15) is 35.6 Å². The van der Waals surface area contributed by atoms with Crippen LogP contribution in [-0.2, 0) is 4.79 Å². The molecule has 10 heteroatoms. The largest absolute Gasteiger partial charge is 0.496 e. The van der Waals surface area contributed by atoms with Crippen molar-refractivity contribution in [3.8, 4) is 17.1 Å². The second-order valence-corrected chi connectivity index (χ2v) is 8.19. The van der Waals surface area contributed by atoms with E-state index in [9.17, 15) is 14.0 Å². The smallest absolute Gasteiger partial charge is 0.255 e. The second kappa shape index (κ2) is 11.5. The predicted octanol–water partition coefficient (Wildman–Crippen LogP) is 3.61. The Labute approximate surface area is 195 Å². The number of nitrogens with one attached hydrogen (secondary N) is 2. The van der Waals surface area contributed by atoms with Gasteiger partial charge in [0, 0.05) is 5.56 Å². The number of ether oxygens (including phenoxy) is 1. The Balaban J connectivity index is 1.69. The van der Waals surface area contributed by atoms with Crippen molar-refractivity contribution >= 4 is 23.6 Å². The van der Waals surface area contributed by atoms with E-state index in [0.29, 0.717) is 29.1 Å². The van der Waals surface area contributed by atoms with Gasteiger partial charge < -0.3 is 19.9 Å². The molecular formula is C23H25FN4O4S. The summed E-state index contributed by atoms with van der Waals surface area (Å²) in [6.07, 6.45) is 2.36. The predicted molar refractivity (Wildman–Crippen MR) is 123 cm³/mol. The van der Waals surface area contributed by atoms with E-state index in [4.69, 9.17) is 9.26 Å². The van der Waals surface area contributed by atoms with E-state index in [1.165, 1.54) is 19.2 Å². The van der Waals surface area contributed by atoms with Crippen molar-refractivity contribution in [2.45, 2.75) is 25.4 Å². The highest BCUT2D eigenvalue weighted by Crippen LogP contribution is 2.20. The number of carbonyl (C=O) groups is 2. The molecule has 0 saturated heterocycles. The molecular weight excluding hydrogens is 447 g/mol. The summed E-state index contributed by atoms with van der Waals surface area (Å²) in [4.78, 5) is 30.1. The molecule has 8 nitrogen and oxygen atoms in total. The monoisotopic (exact) mass is 472 g/mol. The van der Waals surface area contributed by atoms with Gasteiger partial charge >= 0.3 is 0 Å². The maximum Gasteiger partial charge on any atom is 0.255 e. The van der Waals surface area contributed by atoms with E-state index >= 15 is 0 Å². The van der Waals surface area contributed by atoms with Crippen molar-refractivity contribution in [3.63, 3.8) is 0 Å². The normalized spacial score (nSPS) is 12.6. The molecule has 0 fully saturated rings. The van der Waals surface area contributed by atoms with Crippen molar-refractivity contribution in [3.05, 3.63) is 65.8 Å². The zero-order valence-electron chi connectivity index (χ0n) is 18.5. The fourth-order valence-electron chi connectivity index (χ4n) is 3.08. The number of rotatable bonds is 10. The Kier molecular flexibility index (Phi) is 8.42. The molecule has 2 unspecified atom stereocenters. The summed E-state index contributed by atoms with van der Waals surface area (Å²) in [7, 11) is 1.48. The van der Waals surface area contributed by atoms with Gasteiger partial charge in [-0.2, -0.15) is 16.7 Å². The summed E-state index contributed by atoms with van der Waals surface area (Å²) in [6.45, 7) is 1.70. The number of aromatic nitrogens is 2. The van der Waals surface area contributed by atoms with Crippen molar-refractivity contribution < 1.29 is 23.2 Å². The van der Waals surface area contributed by atoms with Crippen molar-refractivity contribution in [1.82, 2.24) is 20.8 Å². The first-order valence-electron chi connectivity index (χ1n) is 10.3. The molecule has 0 spiro atoms. The lowest BCUT2D eigenvalue weighted by Gasteiger charge is -2.20. The first kappa shape index (κ1) is 24.2. The summed E-state index contributed by atoms with van der Waals surface area (Å²) in [5.74, 6) is 0.436. The van der Waals surface area contributed by atoms with Gasteiger partial charge in [0.15, 0.2) is 0 Å². The number of benzene rings is 2. The van der Waals surface area contributed by atoms with Gasteiger partial charge in [-0.1, -0.05) is 17.3 Å².